The highest BCUT2D eigenvalue weighted by Crippen LogP contribution is 2.65. The minimum atomic E-state index is -0.414. The van der Waals surface area contributed by atoms with Crippen LogP contribution in [0.2, 0.25) is 0 Å². The van der Waals surface area contributed by atoms with E-state index in [2.05, 4.69) is 31.3 Å². The third kappa shape index (κ3) is 3.73. The average molecular weight is 462 g/mol. The Morgan fingerprint density at radius 3 is 2.65 bits per heavy atom. The van der Waals surface area contributed by atoms with Crippen LogP contribution in [0.25, 0.3) is 0 Å². The molecule has 0 bridgehead atoms. The normalized spacial score (nSPS) is 38.3. The van der Waals surface area contributed by atoms with Crippen LogP contribution in [0.3, 0.4) is 0 Å². The lowest BCUT2D eigenvalue weighted by Gasteiger charge is -2.58. The van der Waals surface area contributed by atoms with Crippen LogP contribution in [0, 0.1) is 34.5 Å². The maximum atomic E-state index is 13.0. The molecule has 5 nitrogen and oxygen atoms in total. The number of benzene rings is 1. The molecule has 0 aromatic heterocycles. The first-order valence-corrected chi connectivity index (χ1v) is 12.6. The Balaban J connectivity index is 1.46. The van der Waals surface area contributed by atoms with Gasteiger partial charge in [0.05, 0.1) is 0 Å². The molecular formula is C29H35NO4. The lowest BCUT2D eigenvalue weighted by molar-refractivity contribution is -0.135. The van der Waals surface area contributed by atoms with Crippen LogP contribution in [0.15, 0.2) is 54.1 Å². The number of ketones is 2. The molecule has 180 valence electrons. The molecule has 5 heteroatoms. The molecule has 5 rings (SSSR count). The molecule has 4 aliphatic rings. The molecule has 2 fully saturated rings. The number of hydrogen-bond acceptors (Lipinski definition) is 4. The van der Waals surface area contributed by atoms with Gasteiger partial charge in [0, 0.05) is 24.8 Å². The molecule has 1 amide bonds. The zero-order chi connectivity index (χ0) is 24.1. The molecule has 0 spiro atoms. The van der Waals surface area contributed by atoms with Gasteiger partial charge < -0.3 is 10.1 Å². The Kier molecular flexibility index (Phi) is 5.78. The average Bonchev–Trinajstić information content (AvgIpc) is 3.15. The summed E-state index contributed by atoms with van der Waals surface area (Å²) in [5.74, 6) is 1.12. The summed E-state index contributed by atoms with van der Waals surface area (Å²) in [5, 5.41) is 2.92. The van der Waals surface area contributed by atoms with Gasteiger partial charge in [-0.1, -0.05) is 56.3 Å². The fraction of sp³-hybridized carbons (Fsp3) is 0.552. The van der Waals surface area contributed by atoms with E-state index in [1.54, 1.807) is 13.0 Å². The van der Waals surface area contributed by atoms with Gasteiger partial charge in [0.2, 0.25) is 0 Å². The molecule has 34 heavy (non-hydrogen) atoms. The van der Waals surface area contributed by atoms with Gasteiger partial charge in [-0.25, -0.2) is 4.79 Å². The number of alkyl carbamates (subject to hydrolysis) is 1. The number of hydrogen-bond donors (Lipinski definition) is 1. The lowest BCUT2D eigenvalue weighted by atomic mass is 9.47. The van der Waals surface area contributed by atoms with E-state index in [-0.39, 0.29) is 46.3 Å². The van der Waals surface area contributed by atoms with E-state index in [4.69, 9.17) is 4.74 Å². The summed E-state index contributed by atoms with van der Waals surface area (Å²) < 4.78 is 6.22. The van der Waals surface area contributed by atoms with Crippen molar-refractivity contribution in [3.63, 3.8) is 0 Å². The van der Waals surface area contributed by atoms with Gasteiger partial charge in [-0.05, 0) is 72.5 Å². The van der Waals surface area contributed by atoms with Crippen molar-refractivity contribution in [3.8, 4) is 0 Å². The van der Waals surface area contributed by atoms with Crippen LogP contribution in [0.4, 0.5) is 4.79 Å². The molecule has 1 N–H and O–H groups in total. The smallest absolute Gasteiger partial charge is 0.407 e. The summed E-state index contributed by atoms with van der Waals surface area (Å²) in [5.41, 5.74) is 1.67. The fourth-order valence-electron chi connectivity index (χ4n) is 7.82. The number of fused-ring (bicyclic) bond motifs is 5. The SMILES string of the molecule is CC(=O)[C@H]1CC[C@H]2[C@@H]3C=CC4=CC(=O)CC[C@@]4(C)[C@@H]3[C@@H](OC(=O)NCc3ccccc3)C[C@]12C. The number of carbonyl (C=O) groups excluding carboxylic acids is 3. The van der Waals surface area contributed by atoms with Crippen LogP contribution in [0.5, 0.6) is 0 Å². The summed E-state index contributed by atoms with van der Waals surface area (Å²) >= 11 is 0. The summed E-state index contributed by atoms with van der Waals surface area (Å²) in [7, 11) is 0. The van der Waals surface area contributed by atoms with E-state index in [0.717, 1.165) is 30.4 Å². The van der Waals surface area contributed by atoms with E-state index in [1.807, 2.05) is 30.3 Å². The Bertz CT molecular complexity index is 1060. The molecule has 0 unspecified atom stereocenters. The highest BCUT2D eigenvalue weighted by molar-refractivity contribution is 5.92. The predicted molar refractivity (Wildman–Crippen MR) is 130 cm³/mol. The van der Waals surface area contributed by atoms with Crippen LogP contribution >= 0.6 is 0 Å². The number of rotatable bonds is 4. The number of allylic oxidation sites excluding steroid dienone is 4. The van der Waals surface area contributed by atoms with E-state index >= 15 is 0 Å². The summed E-state index contributed by atoms with van der Waals surface area (Å²) in [6, 6.07) is 9.80. The first-order valence-electron chi connectivity index (χ1n) is 12.6. The Morgan fingerprint density at radius 2 is 1.91 bits per heavy atom. The van der Waals surface area contributed by atoms with Crippen molar-refractivity contribution in [3.05, 3.63) is 59.7 Å². The highest BCUT2D eigenvalue weighted by Gasteiger charge is 2.62. The second-order valence-electron chi connectivity index (χ2n) is 11.3. The second-order valence-corrected chi connectivity index (χ2v) is 11.3. The Morgan fingerprint density at radius 1 is 1.15 bits per heavy atom. The van der Waals surface area contributed by atoms with Gasteiger partial charge in [0.15, 0.2) is 5.78 Å². The monoisotopic (exact) mass is 461 g/mol. The lowest BCUT2D eigenvalue weighted by Crippen LogP contribution is -2.57. The van der Waals surface area contributed by atoms with Crippen molar-refractivity contribution < 1.29 is 19.1 Å². The van der Waals surface area contributed by atoms with Gasteiger partial charge in [-0.3, -0.25) is 9.59 Å². The van der Waals surface area contributed by atoms with Crippen molar-refractivity contribution in [2.24, 2.45) is 34.5 Å². The second kappa shape index (κ2) is 8.51. The van der Waals surface area contributed by atoms with Crippen molar-refractivity contribution in [1.82, 2.24) is 5.32 Å². The van der Waals surface area contributed by atoms with E-state index < -0.39 is 6.09 Å². The Hall–Kier alpha value is -2.69. The molecule has 0 heterocycles. The molecule has 1 aromatic rings. The van der Waals surface area contributed by atoms with Crippen LogP contribution in [-0.2, 0) is 20.9 Å². The van der Waals surface area contributed by atoms with Gasteiger partial charge in [0.25, 0.3) is 0 Å². The topological polar surface area (TPSA) is 72.5 Å². The minimum Gasteiger partial charge on any atom is -0.446 e. The number of amides is 1. The van der Waals surface area contributed by atoms with Gasteiger partial charge in [-0.15, -0.1) is 0 Å². The Labute approximate surface area is 202 Å². The summed E-state index contributed by atoms with van der Waals surface area (Å²) in [6.07, 6.45) is 9.37. The van der Waals surface area contributed by atoms with Crippen molar-refractivity contribution in [2.45, 2.75) is 65.5 Å². The zero-order valence-corrected chi connectivity index (χ0v) is 20.4. The number of nitrogens with one attached hydrogen (secondary N) is 1. The standard InChI is InChI=1S/C29H35NO4/c1-18(31)23-11-12-24-22-10-9-20-15-21(32)13-14-28(20,2)26(22)25(16-29(23,24)3)34-27(33)30-17-19-7-5-4-6-8-19/h4-10,15,22-26H,11-14,16-17H2,1-3H3,(H,30,33)/t22-,23+,24-,25-,26-,28+,29+/m0/s1. The van der Waals surface area contributed by atoms with E-state index in [1.165, 1.54) is 0 Å². The van der Waals surface area contributed by atoms with Gasteiger partial charge in [0.1, 0.15) is 11.9 Å². The maximum absolute atomic E-state index is 13.0. The van der Waals surface area contributed by atoms with E-state index in [0.29, 0.717) is 25.3 Å². The maximum Gasteiger partial charge on any atom is 0.407 e. The van der Waals surface area contributed by atoms with Crippen molar-refractivity contribution >= 4 is 17.7 Å². The largest absolute Gasteiger partial charge is 0.446 e. The molecular weight excluding hydrogens is 426 g/mol. The fourth-order valence-corrected chi connectivity index (χ4v) is 7.82. The first kappa shape index (κ1) is 23.1. The predicted octanol–water partition coefficient (Wildman–Crippen LogP) is 5.40. The molecule has 0 saturated heterocycles. The highest BCUT2D eigenvalue weighted by atomic mass is 16.6. The van der Waals surface area contributed by atoms with Crippen LogP contribution < -0.4 is 5.32 Å². The third-order valence-corrected chi connectivity index (χ3v) is 9.46. The van der Waals surface area contributed by atoms with Gasteiger partial charge >= 0.3 is 6.09 Å². The minimum absolute atomic E-state index is 0.00279. The van der Waals surface area contributed by atoms with E-state index in [9.17, 15) is 14.4 Å². The molecule has 1 aromatic carbocycles. The van der Waals surface area contributed by atoms with Gasteiger partial charge in [-0.2, -0.15) is 0 Å². The van der Waals surface area contributed by atoms with Crippen molar-refractivity contribution in [2.75, 3.05) is 0 Å². The molecule has 4 aliphatic carbocycles. The van der Waals surface area contributed by atoms with Crippen LogP contribution in [0.1, 0.15) is 58.4 Å². The molecule has 2 saturated carbocycles. The van der Waals surface area contributed by atoms with Crippen LogP contribution in [-0.4, -0.2) is 23.8 Å². The number of Topliss-reactive ketones (excluding diaryl/α,β-unsaturated/α-hetero) is 1. The number of carbonyl (C=O) groups is 3. The zero-order valence-electron chi connectivity index (χ0n) is 20.4. The summed E-state index contributed by atoms with van der Waals surface area (Å²) in [4.78, 5) is 37.8. The molecule has 0 radical (unpaired) electrons. The third-order valence-electron chi connectivity index (χ3n) is 9.46. The van der Waals surface area contributed by atoms with Crippen molar-refractivity contribution in [1.29, 1.82) is 0 Å². The quantitative estimate of drug-likeness (QED) is 0.651. The summed E-state index contributed by atoms with van der Waals surface area (Å²) in [6.45, 7) is 6.59. The first-order chi connectivity index (χ1) is 16.2. The molecule has 0 aliphatic heterocycles. The molecule has 7 atom stereocenters. The number of ether oxygens (including phenoxy) is 1.